The maximum Gasteiger partial charge on any atom is 0.0541 e. The number of benzene rings is 7. The molecule has 0 radical (unpaired) electrons. The zero-order valence-electron chi connectivity index (χ0n) is 27.9. The highest BCUT2D eigenvalue weighted by Gasteiger charge is 2.12. The minimum atomic E-state index is 0.986. The fourth-order valence-electron chi connectivity index (χ4n) is 7.15. The van der Waals surface area contributed by atoms with Crippen LogP contribution in [0.25, 0.3) is 55.0 Å². The molecule has 0 aliphatic heterocycles. The molecule has 0 N–H and O–H groups in total. The molecule has 7 aromatic carbocycles. The van der Waals surface area contributed by atoms with Crippen LogP contribution >= 0.6 is 0 Å². The number of aromatic nitrogens is 2. The van der Waals surface area contributed by atoms with Gasteiger partial charge in [0.15, 0.2) is 0 Å². The second-order valence-corrected chi connectivity index (χ2v) is 12.8. The topological polar surface area (TPSA) is 9.86 Å². The van der Waals surface area contributed by atoms with Crippen molar-refractivity contribution in [2.45, 2.75) is 13.8 Å². The molecule has 234 valence electrons. The number of fused-ring (bicyclic) bond motifs is 6. The van der Waals surface area contributed by atoms with E-state index in [1.807, 2.05) is 0 Å². The molecule has 0 bridgehead atoms. The first-order valence-electron chi connectivity index (χ1n) is 16.9. The lowest BCUT2D eigenvalue weighted by molar-refractivity contribution is 1.18. The van der Waals surface area contributed by atoms with Crippen molar-refractivity contribution in [2.75, 3.05) is 0 Å². The van der Waals surface area contributed by atoms with Crippen molar-refractivity contribution in [3.63, 3.8) is 0 Å². The van der Waals surface area contributed by atoms with E-state index in [4.69, 9.17) is 0 Å². The summed E-state index contributed by atoms with van der Waals surface area (Å²) in [6.07, 6.45) is 0. The third-order valence-corrected chi connectivity index (χ3v) is 9.67. The third kappa shape index (κ3) is 5.03. The van der Waals surface area contributed by atoms with Gasteiger partial charge in [0.2, 0.25) is 0 Å². The molecule has 0 aliphatic rings. The van der Waals surface area contributed by atoms with Crippen LogP contribution in [0, 0.1) is 37.5 Å². The Bertz CT molecular complexity index is 2570. The summed E-state index contributed by atoms with van der Waals surface area (Å²) in [5.41, 5.74) is 13.3. The van der Waals surface area contributed by atoms with Crippen molar-refractivity contribution in [3.8, 4) is 35.1 Å². The lowest BCUT2D eigenvalue weighted by Crippen LogP contribution is -1.94. The van der Waals surface area contributed by atoms with Crippen molar-refractivity contribution in [1.29, 1.82) is 0 Å². The Labute approximate surface area is 291 Å². The van der Waals surface area contributed by atoms with Crippen molar-refractivity contribution >= 4 is 43.6 Å². The highest BCUT2D eigenvalue weighted by Crippen LogP contribution is 2.33. The lowest BCUT2D eigenvalue weighted by atomic mass is 10.00. The van der Waals surface area contributed by atoms with Gasteiger partial charge < -0.3 is 9.13 Å². The van der Waals surface area contributed by atoms with Gasteiger partial charge in [0.05, 0.1) is 22.1 Å². The van der Waals surface area contributed by atoms with Gasteiger partial charge in [-0.3, -0.25) is 0 Å². The first kappa shape index (κ1) is 29.4. The average molecular weight is 637 g/mol. The maximum atomic E-state index is 3.42. The molecule has 2 nitrogen and oxygen atoms in total. The van der Waals surface area contributed by atoms with E-state index < -0.39 is 0 Å². The molecule has 2 heterocycles. The van der Waals surface area contributed by atoms with Crippen molar-refractivity contribution in [3.05, 3.63) is 191 Å². The Morgan fingerprint density at radius 1 is 0.340 bits per heavy atom. The second kappa shape index (κ2) is 12.1. The fourth-order valence-corrected chi connectivity index (χ4v) is 7.15. The highest BCUT2D eigenvalue weighted by atomic mass is 15.0. The summed E-state index contributed by atoms with van der Waals surface area (Å²) in [7, 11) is 0. The average Bonchev–Trinajstić information content (AvgIpc) is 3.68. The predicted octanol–water partition coefficient (Wildman–Crippen LogP) is 11.3. The van der Waals surface area contributed by atoms with Gasteiger partial charge in [0, 0.05) is 55.2 Å². The van der Waals surface area contributed by atoms with Crippen molar-refractivity contribution in [2.24, 2.45) is 0 Å². The van der Waals surface area contributed by atoms with Crippen LogP contribution in [0.3, 0.4) is 0 Å². The minimum Gasteiger partial charge on any atom is -0.309 e. The predicted molar refractivity (Wildman–Crippen MR) is 209 cm³/mol. The van der Waals surface area contributed by atoms with Crippen LogP contribution in [-0.4, -0.2) is 9.13 Å². The van der Waals surface area contributed by atoms with Crippen LogP contribution in [-0.2, 0) is 0 Å². The molecule has 50 heavy (non-hydrogen) atoms. The van der Waals surface area contributed by atoms with Gasteiger partial charge in [-0.25, -0.2) is 0 Å². The van der Waals surface area contributed by atoms with Crippen LogP contribution in [0.1, 0.15) is 33.4 Å². The van der Waals surface area contributed by atoms with E-state index in [0.29, 0.717) is 0 Å². The normalized spacial score (nSPS) is 11.1. The molecule has 9 aromatic rings. The molecule has 0 aliphatic carbocycles. The summed E-state index contributed by atoms with van der Waals surface area (Å²) in [6.45, 7) is 4.22. The number of para-hydroxylation sites is 4. The summed E-state index contributed by atoms with van der Waals surface area (Å²) in [6, 6.07) is 55.8. The molecule has 0 saturated carbocycles. The van der Waals surface area contributed by atoms with E-state index in [9.17, 15) is 0 Å². The number of hydrogen-bond donors (Lipinski definition) is 0. The Kier molecular flexibility index (Phi) is 7.09. The summed E-state index contributed by atoms with van der Waals surface area (Å²) in [5, 5.41) is 5.05. The molecular formula is C48H32N2. The van der Waals surface area contributed by atoms with Gasteiger partial charge >= 0.3 is 0 Å². The Morgan fingerprint density at radius 2 is 0.640 bits per heavy atom. The van der Waals surface area contributed by atoms with Gasteiger partial charge in [0.1, 0.15) is 0 Å². The van der Waals surface area contributed by atoms with Gasteiger partial charge in [-0.1, -0.05) is 96.5 Å². The van der Waals surface area contributed by atoms with E-state index in [1.54, 1.807) is 0 Å². The minimum absolute atomic E-state index is 0.986. The van der Waals surface area contributed by atoms with Gasteiger partial charge in [-0.15, -0.1) is 0 Å². The quantitative estimate of drug-likeness (QED) is 0.167. The van der Waals surface area contributed by atoms with Crippen LogP contribution in [0.5, 0.6) is 0 Å². The van der Waals surface area contributed by atoms with Crippen LogP contribution in [0.2, 0.25) is 0 Å². The zero-order chi connectivity index (χ0) is 33.6. The molecule has 9 rings (SSSR count). The monoisotopic (exact) mass is 636 g/mol. The van der Waals surface area contributed by atoms with Crippen molar-refractivity contribution in [1.82, 2.24) is 9.13 Å². The maximum absolute atomic E-state index is 3.42. The SMILES string of the molecule is Cc1cc(C#Cc2ccc(-n3c4ccccc4c4ccccc43)cc2)c(C)cc1C#Cc1ccc(-n2c3ccccc3c3ccccc32)cc1. The first-order chi connectivity index (χ1) is 24.6. The van der Waals surface area contributed by atoms with Gasteiger partial charge in [0.25, 0.3) is 0 Å². The van der Waals surface area contributed by atoms with Gasteiger partial charge in [-0.2, -0.15) is 0 Å². The summed E-state index contributed by atoms with van der Waals surface area (Å²) < 4.78 is 4.66. The number of aryl methyl sites for hydroxylation is 2. The largest absolute Gasteiger partial charge is 0.309 e. The number of nitrogens with zero attached hydrogens (tertiary/aromatic N) is 2. The Morgan fingerprint density at radius 3 is 0.960 bits per heavy atom. The summed E-state index contributed by atoms with van der Waals surface area (Å²) >= 11 is 0. The molecule has 0 atom stereocenters. The Hall–Kier alpha value is -6.74. The van der Waals surface area contributed by atoms with E-state index in [-0.39, 0.29) is 0 Å². The number of hydrogen-bond acceptors (Lipinski definition) is 0. The molecule has 0 saturated heterocycles. The van der Waals surface area contributed by atoms with Gasteiger partial charge in [-0.05, 0) is 110 Å². The standard InChI is InChI=1S/C48H32N2/c1-33-31-38(26-20-36-23-29-40(30-24-36)50-47-17-9-5-13-43(47)44-14-6-10-18-48(44)50)34(2)32-37(33)25-19-35-21-27-39(28-22-35)49-45-15-7-3-11-41(45)42-12-4-8-16-46(42)49/h3-18,21-24,27-32H,1-2H3. The molecular weight excluding hydrogens is 605 g/mol. The smallest absolute Gasteiger partial charge is 0.0541 e. The van der Waals surface area contributed by atoms with E-state index in [2.05, 4.69) is 204 Å². The molecule has 2 heteroatoms. The van der Waals surface area contributed by atoms with E-state index in [0.717, 1.165) is 44.8 Å². The Balaban J connectivity index is 0.962. The zero-order valence-corrected chi connectivity index (χ0v) is 27.9. The van der Waals surface area contributed by atoms with E-state index >= 15 is 0 Å². The number of rotatable bonds is 2. The fraction of sp³-hybridized carbons (Fsp3) is 0.0417. The van der Waals surface area contributed by atoms with Crippen LogP contribution in [0.15, 0.2) is 158 Å². The highest BCUT2D eigenvalue weighted by molar-refractivity contribution is 6.10. The first-order valence-corrected chi connectivity index (χ1v) is 16.9. The van der Waals surface area contributed by atoms with Crippen LogP contribution in [0.4, 0.5) is 0 Å². The molecule has 0 unspecified atom stereocenters. The van der Waals surface area contributed by atoms with Crippen molar-refractivity contribution < 1.29 is 0 Å². The third-order valence-electron chi connectivity index (χ3n) is 9.67. The molecule has 0 amide bonds. The lowest BCUT2D eigenvalue weighted by Gasteiger charge is -2.08. The molecule has 0 spiro atoms. The second-order valence-electron chi connectivity index (χ2n) is 12.8. The molecule has 0 fully saturated rings. The summed E-state index contributed by atoms with van der Waals surface area (Å²) in [5.74, 6) is 13.6. The molecule has 2 aromatic heterocycles. The van der Waals surface area contributed by atoms with E-state index in [1.165, 1.54) is 43.6 Å². The van der Waals surface area contributed by atoms with Crippen LogP contribution < -0.4 is 0 Å². The summed E-state index contributed by atoms with van der Waals surface area (Å²) in [4.78, 5) is 0.